The normalized spacial score (nSPS) is 16.3. The first-order valence-corrected chi connectivity index (χ1v) is 66.6. The van der Waals surface area contributed by atoms with Crippen molar-refractivity contribution in [1.29, 1.82) is 0 Å². The van der Waals surface area contributed by atoms with Gasteiger partial charge >= 0.3 is 34.2 Å². The average Bonchev–Trinajstić information content (AvgIpc) is 3.12. The number of hydrogen-bond acceptors (Lipinski definition) is 14. The monoisotopic (exact) mass is 1290 g/mol. The lowest BCUT2D eigenvalue weighted by Gasteiger charge is -2.39. The van der Waals surface area contributed by atoms with Crippen molar-refractivity contribution < 1.29 is 62.1 Å². The van der Waals surface area contributed by atoms with Crippen LogP contribution in [0.2, 0.25) is 207 Å². The van der Waals surface area contributed by atoms with Gasteiger partial charge in [0.2, 0.25) is 0 Å². The third-order valence-electron chi connectivity index (χ3n) is 11.0. The van der Waals surface area contributed by atoms with Crippen molar-refractivity contribution in [1.82, 2.24) is 0 Å². The summed E-state index contributed by atoms with van der Waals surface area (Å²) in [5, 5.41) is 22.6. The van der Waals surface area contributed by atoms with Gasteiger partial charge in [-0.3, -0.25) is 0 Å². The van der Waals surface area contributed by atoms with Crippen LogP contribution in [0.15, 0.2) is 0 Å². The molecule has 0 fully saturated rings. The van der Waals surface area contributed by atoms with Crippen molar-refractivity contribution in [3.63, 3.8) is 0 Å². The van der Waals surface area contributed by atoms with Crippen molar-refractivity contribution in [3.05, 3.63) is 0 Å². The smallest absolute Gasteiger partial charge is 0.314 e. The molecule has 14 nitrogen and oxygen atoms in total. The van der Waals surface area contributed by atoms with Gasteiger partial charge in [-0.15, -0.1) is 0 Å². The molecule has 458 valence electrons. The molecule has 0 heterocycles. The number of hydrogen-bond donors (Lipinski definition) is 2. The van der Waals surface area contributed by atoms with Crippen LogP contribution < -0.4 is 0 Å². The van der Waals surface area contributed by atoms with Crippen LogP contribution in [0.25, 0.3) is 0 Å². The molecule has 0 aliphatic rings. The van der Waals surface area contributed by atoms with Gasteiger partial charge in [0.15, 0.2) is 66.5 Å². The largest absolute Gasteiger partial charge is 0.437 e. The van der Waals surface area contributed by atoms with Gasteiger partial charge in [-0.1, -0.05) is 0 Å². The summed E-state index contributed by atoms with van der Waals surface area (Å²) in [6.45, 7) is 63.7. The Morgan fingerprint density at radius 3 is 0.539 bits per heavy atom. The number of aliphatic hydroxyl groups is 2. The molecule has 0 unspecified atom stereocenters. The van der Waals surface area contributed by atoms with Crippen LogP contribution in [0.5, 0.6) is 0 Å². The van der Waals surface area contributed by atoms with Crippen LogP contribution in [0.3, 0.4) is 0 Å². The molecule has 76 heavy (non-hydrogen) atoms. The zero-order valence-corrected chi connectivity index (χ0v) is 66.8. The maximum absolute atomic E-state index is 11.3. The van der Waals surface area contributed by atoms with Gasteiger partial charge in [0, 0.05) is 26.4 Å². The Morgan fingerprint density at radius 1 is 0.237 bits per heavy atom. The summed E-state index contributed by atoms with van der Waals surface area (Å²) < 4.78 is 82.0. The SMILES string of the molecule is C[Si](C)(C)O[Si](C)(CCCCO[C@H]([C@H](OCCCC[Si](C)(O[Si](C)(C)C)O[Si](C)(C)C)[C@@H](CO)OCCCC[Si](C)(O[Si](C)(C)C)O[Si](C)(C)C)[C@H](CO)OCCCC[Si](C)(O[Si](C)(C)C)O[Si](C)(C)C)O[Si](C)(C)C. The molecule has 26 heteroatoms. The third-order valence-corrected chi connectivity index (χ3v) is 49.4. The molecule has 0 saturated carbocycles. The molecule has 0 radical (unpaired) electrons. The highest BCUT2D eigenvalue weighted by Crippen LogP contribution is 2.31. The molecule has 0 saturated heterocycles. The van der Waals surface area contributed by atoms with Crippen LogP contribution in [0.4, 0.5) is 0 Å². The first-order chi connectivity index (χ1) is 33.9. The number of ether oxygens (including phenoxy) is 4. The Hall–Kier alpha value is 2.04. The first kappa shape index (κ1) is 78.0. The van der Waals surface area contributed by atoms with E-state index in [1.807, 2.05) is 0 Å². The van der Waals surface area contributed by atoms with Gasteiger partial charge in [0.25, 0.3) is 0 Å². The molecule has 0 aliphatic carbocycles. The molecule has 0 rings (SSSR count). The highest BCUT2D eigenvalue weighted by atomic mass is 28.5. The summed E-state index contributed by atoms with van der Waals surface area (Å²) in [5.41, 5.74) is 0. The first-order valence-electron chi connectivity index (χ1n) is 29.2. The van der Waals surface area contributed by atoms with Crippen molar-refractivity contribution in [2.45, 2.75) is 283 Å². The van der Waals surface area contributed by atoms with Gasteiger partial charge in [-0.05, 0) is 259 Å². The van der Waals surface area contributed by atoms with Gasteiger partial charge in [-0.2, -0.15) is 0 Å². The second kappa shape index (κ2) is 33.1. The van der Waals surface area contributed by atoms with Crippen molar-refractivity contribution >= 4 is 101 Å². The van der Waals surface area contributed by atoms with Crippen LogP contribution in [-0.4, -0.2) is 175 Å². The van der Waals surface area contributed by atoms with Crippen LogP contribution in [0.1, 0.15) is 51.4 Å². The summed E-state index contributed by atoms with van der Waals surface area (Å²) in [5.74, 6) is 0. The second-order valence-corrected chi connectivity index (χ2v) is 81.3. The van der Waals surface area contributed by atoms with E-state index in [0.29, 0.717) is 26.4 Å². The van der Waals surface area contributed by atoms with Gasteiger partial charge in [0.05, 0.1) is 13.2 Å². The highest BCUT2D eigenvalue weighted by Gasteiger charge is 2.44. The Labute approximate surface area is 482 Å². The second-order valence-electron chi connectivity index (χ2n) is 29.9. The fraction of sp³-hybridized carbons (Fsp3) is 1.00. The van der Waals surface area contributed by atoms with Crippen molar-refractivity contribution in [3.8, 4) is 0 Å². The summed E-state index contributed by atoms with van der Waals surface area (Å²) in [4.78, 5) is 0. The Balaban J connectivity index is 7.03. The van der Waals surface area contributed by atoms with Crippen LogP contribution in [-0.2, 0) is 51.9 Å². The zero-order valence-electron chi connectivity index (χ0n) is 54.8. The molecular weight excluding hydrogens is 1160 g/mol. The van der Waals surface area contributed by atoms with E-state index in [4.69, 9.17) is 51.9 Å². The van der Waals surface area contributed by atoms with E-state index in [1.54, 1.807) is 0 Å². The molecule has 0 aromatic carbocycles. The molecule has 0 spiro atoms. The van der Waals surface area contributed by atoms with Gasteiger partial charge in [0.1, 0.15) is 24.4 Å². The van der Waals surface area contributed by atoms with Gasteiger partial charge < -0.3 is 62.1 Å². The lowest BCUT2D eigenvalue weighted by Crippen LogP contribution is -2.53. The average molecular weight is 1290 g/mol. The number of rotatable bonds is 45. The standard InChI is InChI=1S/C50H126O14Si12/c1-65(2,3)57-73(25,58-66(4,5)6)41-33-29-37-53-47(45-51)49(55-39-31-35-43-75(27,61-69(13,14)15)62-70(16,17)18)50(56-40-32-36-44-76(28,63-71(19,20)21)64-72(22,23)24)48(46-52)54-38-30-34-42-74(26,59-67(7,8)9)60-68(10,11)12/h47-52H,29-46H2,1-28H3/t47-,48+,49-,50+. The van der Waals surface area contributed by atoms with Crippen LogP contribution >= 0.6 is 0 Å². The summed E-state index contributed by atoms with van der Waals surface area (Å²) in [6.07, 6.45) is 3.62. The Bertz CT molecular complexity index is 1390. The molecule has 0 aromatic heterocycles. The third kappa shape index (κ3) is 41.1. The molecule has 0 aromatic rings. The summed E-state index contributed by atoms with van der Waals surface area (Å²) in [7, 11) is -24.7. The molecule has 0 amide bonds. The molecular formula is C50H126O14Si12. The van der Waals surface area contributed by atoms with E-state index in [0.717, 1.165) is 75.5 Å². The van der Waals surface area contributed by atoms with E-state index < -0.39 is 125 Å². The summed E-state index contributed by atoms with van der Waals surface area (Å²) in [6, 6.07) is 3.47. The van der Waals surface area contributed by atoms with Crippen LogP contribution in [0, 0.1) is 0 Å². The van der Waals surface area contributed by atoms with Crippen molar-refractivity contribution in [2.24, 2.45) is 0 Å². The fourth-order valence-electron chi connectivity index (χ4n) is 10.1. The van der Waals surface area contributed by atoms with E-state index in [-0.39, 0.29) is 13.2 Å². The number of unbranched alkanes of at least 4 members (excludes halogenated alkanes) is 4. The fourth-order valence-corrected chi connectivity index (χ4v) is 60.6. The predicted molar refractivity (Wildman–Crippen MR) is 351 cm³/mol. The minimum Gasteiger partial charge on any atom is -0.437 e. The minimum absolute atomic E-state index is 0.283. The quantitative estimate of drug-likeness (QED) is 0.0439. The lowest BCUT2D eigenvalue weighted by molar-refractivity contribution is -0.191. The number of aliphatic hydroxyl groups excluding tert-OH is 2. The van der Waals surface area contributed by atoms with E-state index in [1.165, 1.54) is 0 Å². The van der Waals surface area contributed by atoms with E-state index >= 15 is 0 Å². The Kier molecular flexibility index (Phi) is 34.0. The molecule has 0 aliphatic heterocycles. The van der Waals surface area contributed by atoms with E-state index in [2.05, 4.69) is 183 Å². The predicted octanol–water partition coefficient (Wildman–Crippen LogP) is 14.7. The lowest BCUT2D eigenvalue weighted by atomic mass is 10.0. The molecule has 2 N–H and O–H groups in total. The Morgan fingerprint density at radius 2 is 0.395 bits per heavy atom. The maximum Gasteiger partial charge on any atom is 0.314 e. The topological polar surface area (TPSA) is 151 Å². The minimum atomic E-state index is -2.47. The van der Waals surface area contributed by atoms with Gasteiger partial charge in [-0.25, -0.2) is 0 Å². The molecule has 0 bridgehead atoms. The highest BCUT2D eigenvalue weighted by molar-refractivity contribution is 6.90. The zero-order chi connectivity index (χ0) is 59.5. The summed E-state index contributed by atoms with van der Waals surface area (Å²) >= 11 is 0. The van der Waals surface area contributed by atoms with E-state index in [9.17, 15) is 10.2 Å². The maximum atomic E-state index is 11.3. The van der Waals surface area contributed by atoms with Crippen molar-refractivity contribution in [2.75, 3.05) is 39.6 Å². The molecule has 4 atom stereocenters.